The number of thiophene rings is 1. The van der Waals surface area contributed by atoms with Crippen molar-refractivity contribution in [2.75, 3.05) is 0 Å². The van der Waals surface area contributed by atoms with E-state index in [-0.39, 0.29) is 5.41 Å². The molecule has 2 rings (SSSR count). The van der Waals surface area contributed by atoms with Crippen LogP contribution in [-0.2, 0) is 5.41 Å². The molecule has 0 amide bonds. The molecule has 17 heavy (non-hydrogen) atoms. The van der Waals surface area contributed by atoms with E-state index in [2.05, 4.69) is 41.9 Å². The molecule has 2 aromatic rings. The van der Waals surface area contributed by atoms with Crippen molar-refractivity contribution in [3.05, 3.63) is 56.7 Å². The molecule has 1 nitrogen and oxygen atoms in total. The van der Waals surface area contributed by atoms with E-state index in [9.17, 15) is 5.11 Å². The average molecular weight is 311 g/mol. The quantitative estimate of drug-likeness (QED) is 0.883. The summed E-state index contributed by atoms with van der Waals surface area (Å²) in [6, 6.07) is 10.1. The van der Waals surface area contributed by atoms with E-state index in [1.165, 1.54) is 0 Å². The summed E-state index contributed by atoms with van der Waals surface area (Å²) in [7, 11) is 0. The lowest BCUT2D eigenvalue weighted by molar-refractivity contribution is 0.100. The van der Waals surface area contributed by atoms with Crippen LogP contribution in [-0.4, -0.2) is 5.11 Å². The molecule has 3 heteroatoms. The van der Waals surface area contributed by atoms with E-state index >= 15 is 0 Å². The summed E-state index contributed by atoms with van der Waals surface area (Å²) in [6.07, 6.45) is -0.509. The van der Waals surface area contributed by atoms with Crippen LogP contribution >= 0.6 is 27.3 Å². The van der Waals surface area contributed by atoms with Crippen molar-refractivity contribution in [3.8, 4) is 0 Å². The molecule has 0 aliphatic rings. The lowest BCUT2D eigenvalue weighted by atomic mass is 9.77. The van der Waals surface area contributed by atoms with E-state index in [0.717, 1.165) is 15.6 Å². The summed E-state index contributed by atoms with van der Waals surface area (Å²) in [6.45, 7) is 4.13. The normalized spacial score (nSPS) is 13.6. The van der Waals surface area contributed by atoms with Gasteiger partial charge in [0.1, 0.15) is 0 Å². The minimum atomic E-state index is -0.509. The van der Waals surface area contributed by atoms with Gasteiger partial charge in [-0.05, 0) is 26.9 Å². The Kier molecular flexibility index (Phi) is 3.71. The topological polar surface area (TPSA) is 20.2 Å². The minimum absolute atomic E-state index is 0.301. The molecular formula is C14H15BrOS. The van der Waals surface area contributed by atoms with Crippen molar-refractivity contribution in [3.63, 3.8) is 0 Å². The molecule has 0 saturated heterocycles. The largest absolute Gasteiger partial charge is 0.387 e. The number of rotatable bonds is 3. The molecule has 0 spiro atoms. The van der Waals surface area contributed by atoms with Gasteiger partial charge in [-0.25, -0.2) is 0 Å². The summed E-state index contributed by atoms with van der Waals surface area (Å²) in [5.41, 5.74) is 1.81. The maximum absolute atomic E-state index is 10.5. The summed E-state index contributed by atoms with van der Waals surface area (Å²) in [5, 5.41) is 14.5. The number of benzene rings is 1. The SMILES string of the molecule is CC(C)(c1ccccc1)C(O)c1cscc1Br. The fourth-order valence-electron chi connectivity index (χ4n) is 1.90. The van der Waals surface area contributed by atoms with Crippen LogP contribution in [0.15, 0.2) is 45.6 Å². The second-order valence-corrected chi connectivity index (χ2v) is 6.26. The van der Waals surface area contributed by atoms with Crippen LogP contribution in [0, 0.1) is 0 Å². The summed E-state index contributed by atoms with van der Waals surface area (Å²) >= 11 is 5.08. The fourth-order valence-corrected chi connectivity index (χ4v) is 3.43. The zero-order valence-electron chi connectivity index (χ0n) is 9.85. The number of hydrogen-bond donors (Lipinski definition) is 1. The minimum Gasteiger partial charge on any atom is -0.387 e. The predicted molar refractivity (Wildman–Crippen MR) is 76.4 cm³/mol. The maximum atomic E-state index is 10.5. The lowest BCUT2D eigenvalue weighted by Crippen LogP contribution is -2.26. The molecule has 0 aliphatic carbocycles. The maximum Gasteiger partial charge on any atom is 0.0900 e. The highest BCUT2D eigenvalue weighted by Crippen LogP contribution is 2.40. The van der Waals surface area contributed by atoms with Crippen LogP contribution in [0.2, 0.25) is 0 Å². The number of hydrogen-bond acceptors (Lipinski definition) is 2. The second-order valence-electron chi connectivity index (χ2n) is 4.67. The summed E-state index contributed by atoms with van der Waals surface area (Å²) in [5.74, 6) is 0. The van der Waals surface area contributed by atoms with Gasteiger partial charge < -0.3 is 5.11 Å². The third-order valence-corrected chi connectivity index (χ3v) is 4.89. The Morgan fingerprint density at radius 2 is 1.82 bits per heavy atom. The van der Waals surface area contributed by atoms with E-state index in [0.29, 0.717) is 0 Å². The first-order valence-electron chi connectivity index (χ1n) is 5.48. The lowest BCUT2D eigenvalue weighted by Gasteiger charge is -2.31. The van der Waals surface area contributed by atoms with Gasteiger partial charge in [-0.1, -0.05) is 44.2 Å². The average Bonchev–Trinajstić information content (AvgIpc) is 2.75. The molecule has 90 valence electrons. The first-order valence-corrected chi connectivity index (χ1v) is 7.22. The molecule has 0 aliphatic heterocycles. The third kappa shape index (κ3) is 2.46. The molecule has 0 saturated carbocycles. The number of halogens is 1. The van der Waals surface area contributed by atoms with Gasteiger partial charge in [-0.2, -0.15) is 11.3 Å². The smallest absolute Gasteiger partial charge is 0.0900 e. The molecular weight excluding hydrogens is 296 g/mol. The van der Waals surface area contributed by atoms with Crippen LogP contribution in [0.4, 0.5) is 0 Å². The van der Waals surface area contributed by atoms with Crippen molar-refractivity contribution in [2.45, 2.75) is 25.4 Å². The van der Waals surface area contributed by atoms with Crippen LogP contribution in [0.3, 0.4) is 0 Å². The highest BCUT2D eigenvalue weighted by atomic mass is 79.9. The molecule has 0 fully saturated rings. The van der Waals surface area contributed by atoms with Gasteiger partial charge in [0.2, 0.25) is 0 Å². The van der Waals surface area contributed by atoms with E-state index in [4.69, 9.17) is 0 Å². The van der Waals surface area contributed by atoms with Crippen molar-refractivity contribution in [1.29, 1.82) is 0 Å². The first-order chi connectivity index (χ1) is 8.03. The molecule has 1 unspecified atom stereocenters. The molecule has 1 aromatic carbocycles. The van der Waals surface area contributed by atoms with Crippen LogP contribution in [0.5, 0.6) is 0 Å². The van der Waals surface area contributed by atoms with Crippen LogP contribution < -0.4 is 0 Å². The van der Waals surface area contributed by atoms with Gasteiger partial charge in [0.25, 0.3) is 0 Å². The summed E-state index contributed by atoms with van der Waals surface area (Å²) in [4.78, 5) is 0. The van der Waals surface area contributed by atoms with Crippen molar-refractivity contribution >= 4 is 27.3 Å². The second kappa shape index (κ2) is 4.92. The molecule has 1 N–H and O–H groups in total. The van der Waals surface area contributed by atoms with Crippen LogP contribution in [0.1, 0.15) is 31.1 Å². The number of aliphatic hydroxyl groups excluding tert-OH is 1. The fraction of sp³-hybridized carbons (Fsp3) is 0.286. The molecule has 0 bridgehead atoms. The molecule has 0 radical (unpaired) electrons. The Balaban J connectivity index is 2.37. The van der Waals surface area contributed by atoms with Crippen molar-refractivity contribution in [2.24, 2.45) is 0 Å². The third-order valence-electron chi connectivity index (χ3n) is 3.14. The van der Waals surface area contributed by atoms with Crippen LogP contribution in [0.25, 0.3) is 0 Å². The van der Waals surface area contributed by atoms with Gasteiger partial charge in [-0.15, -0.1) is 0 Å². The van der Waals surface area contributed by atoms with Gasteiger partial charge in [0.15, 0.2) is 0 Å². The zero-order valence-corrected chi connectivity index (χ0v) is 12.3. The first kappa shape index (κ1) is 12.8. The number of aliphatic hydroxyl groups is 1. The van der Waals surface area contributed by atoms with E-state index in [1.54, 1.807) is 11.3 Å². The summed E-state index contributed by atoms with van der Waals surface area (Å²) < 4.78 is 0.985. The van der Waals surface area contributed by atoms with E-state index in [1.807, 2.05) is 29.0 Å². The Labute approximate surface area is 114 Å². The molecule has 1 aromatic heterocycles. The molecule has 1 heterocycles. The standard InChI is InChI=1S/C14H15BrOS/c1-14(2,10-6-4-3-5-7-10)13(16)11-8-17-9-12(11)15/h3-9,13,16H,1-2H3. The van der Waals surface area contributed by atoms with Gasteiger partial charge in [0.05, 0.1) is 6.10 Å². The predicted octanol–water partition coefficient (Wildman–Crippen LogP) is 4.52. The Hall–Kier alpha value is -0.640. The van der Waals surface area contributed by atoms with Crippen molar-refractivity contribution < 1.29 is 5.11 Å². The van der Waals surface area contributed by atoms with Gasteiger partial charge >= 0.3 is 0 Å². The van der Waals surface area contributed by atoms with Gasteiger partial charge in [-0.3, -0.25) is 0 Å². The molecule has 1 atom stereocenters. The monoisotopic (exact) mass is 310 g/mol. The highest BCUT2D eigenvalue weighted by Gasteiger charge is 2.32. The highest BCUT2D eigenvalue weighted by molar-refractivity contribution is 9.10. The Morgan fingerprint density at radius 3 is 2.35 bits per heavy atom. The Bertz CT molecular complexity index is 490. The van der Waals surface area contributed by atoms with Crippen molar-refractivity contribution in [1.82, 2.24) is 0 Å². The zero-order chi connectivity index (χ0) is 12.5. The Morgan fingerprint density at radius 1 is 1.18 bits per heavy atom. The van der Waals surface area contributed by atoms with Gasteiger partial charge in [0, 0.05) is 20.8 Å². The van der Waals surface area contributed by atoms with E-state index < -0.39 is 6.10 Å².